The van der Waals surface area contributed by atoms with Gasteiger partial charge in [0.25, 0.3) is 5.69 Å². The summed E-state index contributed by atoms with van der Waals surface area (Å²) < 4.78 is 1.61. The second-order valence-electron chi connectivity index (χ2n) is 6.90. The highest BCUT2D eigenvalue weighted by Crippen LogP contribution is 2.27. The van der Waals surface area contributed by atoms with Crippen molar-refractivity contribution in [3.05, 3.63) is 67.9 Å². The molecule has 13 heteroatoms. The SMILES string of the molecule is Cc1ccc(NC(=O)Cc2nnc(SCC(=O)Nc3cc([N+](=O)[O-])ccc3Cl)n2C)cc1Cl. The van der Waals surface area contributed by atoms with Crippen molar-refractivity contribution in [2.24, 2.45) is 7.05 Å². The lowest BCUT2D eigenvalue weighted by molar-refractivity contribution is -0.384. The average Bonchev–Trinajstić information content (AvgIpc) is 3.10. The Hall–Kier alpha value is -3.15. The highest BCUT2D eigenvalue weighted by Gasteiger charge is 2.16. The van der Waals surface area contributed by atoms with Crippen LogP contribution in [0.1, 0.15) is 11.4 Å². The largest absolute Gasteiger partial charge is 0.326 e. The zero-order chi connectivity index (χ0) is 24.1. The number of halogens is 2. The zero-order valence-electron chi connectivity index (χ0n) is 17.5. The molecule has 0 aliphatic rings. The van der Waals surface area contributed by atoms with Gasteiger partial charge in [-0.05, 0) is 30.7 Å². The van der Waals surface area contributed by atoms with Gasteiger partial charge in [0.1, 0.15) is 5.82 Å². The first kappa shape index (κ1) is 24.5. The van der Waals surface area contributed by atoms with Gasteiger partial charge in [-0.2, -0.15) is 0 Å². The second kappa shape index (κ2) is 10.6. The minimum Gasteiger partial charge on any atom is -0.326 e. The lowest BCUT2D eigenvalue weighted by Crippen LogP contribution is -2.17. The Balaban J connectivity index is 1.57. The summed E-state index contributed by atoms with van der Waals surface area (Å²) in [5, 5.41) is 25.4. The van der Waals surface area contributed by atoms with Gasteiger partial charge in [-0.25, -0.2) is 0 Å². The molecule has 3 aromatic rings. The van der Waals surface area contributed by atoms with Crippen molar-refractivity contribution in [1.82, 2.24) is 14.8 Å². The number of thioether (sulfide) groups is 1. The van der Waals surface area contributed by atoms with Crippen LogP contribution in [0, 0.1) is 17.0 Å². The van der Waals surface area contributed by atoms with Gasteiger partial charge in [-0.3, -0.25) is 19.7 Å². The van der Waals surface area contributed by atoms with E-state index in [9.17, 15) is 19.7 Å². The van der Waals surface area contributed by atoms with Crippen molar-refractivity contribution in [2.75, 3.05) is 16.4 Å². The van der Waals surface area contributed by atoms with E-state index in [4.69, 9.17) is 23.2 Å². The van der Waals surface area contributed by atoms with Gasteiger partial charge in [0.15, 0.2) is 5.16 Å². The molecular weight excluding hydrogens is 491 g/mol. The van der Waals surface area contributed by atoms with E-state index in [2.05, 4.69) is 20.8 Å². The smallest absolute Gasteiger partial charge is 0.271 e. The number of amides is 2. The van der Waals surface area contributed by atoms with Crippen molar-refractivity contribution in [3.8, 4) is 0 Å². The molecule has 0 saturated heterocycles. The number of nitrogens with one attached hydrogen (secondary N) is 2. The van der Waals surface area contributed by atoms with Crippen molar-refractivity contribution in [1.29, 1.82) is 0 Å². The second-order valence-corrected chi connectivity index (χ2v) is 8.66. The number of nitrogens with zero attached hydrogens (tertiary/aromatic N) is 4. The number of rotatable bonds is 8. The van der Waals surface area contributed by atoms with Crippen LogP contribution in [0.2, 0.25) is 10.0 Å². The van der Waals surface area contributed by atoms with E-state index in [1.54, 1.807) is 29.8 Å². The number of carbonyl (C=O) groups is 2. The van der Waals surface area contributed by atoms with Crippen molar-refractivity contribution in [3.63, 3.8) is 0 Å². The Kier molecular flexibility index (Phi) is 7.90. The van der Waals surface area contributed by atoms with E-state index in [1.165, 1.54) is 18.2 Å². The number of aromatic nitrogens is 3. The first-order valence-corrected chi connectivity index (χ1v) is 11.2. The summed E-state index contributed by atoms with van der Waals surface area (Å²) in [5.74, 6) is -0.352. The maximum Gasteiger partial charge on any atom is 0.271 e. The monoisotopic (exact) mass is 508 g/mol. The Bertz CT molecular complexity index is 1230. The fraction of sp³-hybridized carbons (Fsp3) is 0.200. The van der Waals surface area contributed by atoms with Crippen LogP contribution in [0.4, 0.5) is 17.1 Å². The fourth-order valence-electron chi connectivity index (χ4n) is 2.68. The van der Waals surface area contributed by atoms with Gasteiger partial charge in [-0.1, -0.05) is 41.0 Å². The van der Waals surface area contributed by atoms with Crippen molar-refractivity contribution < 1.29 is 14.5 Å². The number of hydrogen-bond donors (Lipinski definition) is 2. The van der Waals surface area contributed by atoms with Gasteiger partial charge >= 0.3 is 0 Å². The molecule has 33 heavy (non-hydrogen) atoms. The lowest BCUT2D eigenvalue weighted by Gasteiger charge is -2.08. The van der Waals surface area contributed by atoms with Crippen LogP contribution in [0.3, 0.4) is 0 Å². The Morgan fingerprint density at radius 1 is 1.09 bits per heavy atom. The number of nitro groups is 1. The van der Waals surface area contributed by atoms with Crippen LogP contribution in [0.25, 0.3) is 0 Å². The van der Waals surface area contributed by atoms with Crippen molar-refractivity contribution >= 4 is 63.8 Å². The number of non-ortho nitro benzene ring substituents is 1. The molecule has 0 radical (unpaired) electrons. The molecule has 2 amide bonds. The van der Waals surface area contributed by atoms with E-state index in [1.807, 2.05) is 6.92 Å². The van der Waals surface area contributed by atoms with E-state index < -0.39 is 10.8 Å². The molecule has 0 saturated carbocycles. The third kappa shape index (κ3) is 6.44. The number of aryl methyl sites for hydroxylation is 1. The molecule has 0 unspecified atom stereocenters. The molecule has 0 atom stereocenters. The minimum absolute atomic E-state index is 0.0228. The van der Waals surface area contributed by atoms with E-state index in [-0.39, 0.29) is 34.5 Å². The molecule has 0 spiro atoms. The quantitative estimate of drug-likeness (QED) is 0.264. The molecule has 172 valence electrons. The van der Waals surface area contributed by atoms with Crippen LogP contribution in [0.5, 0.6) is 0 Å². The summed E-state index contributed by atoms with van der Waals surface area (Å²) in [4.78, 5) is 34.9. The van der Waals surface area contributed by atoms with Gasteiger partial charge in [-0.15, -0.1) is 10.2 Å². The third-order valence-electron chi connectivity index (χ3n) is 4.47. The fourth-order valence-corrected chi connectivity index (χ4v) is 3.76. The van der Waals surface area contributed by atoms with E-state index in [0.717, 1.165) is 17.3 Å². The number of hydrogen-bond acceptors (Lipinski definition) is 7. The Morgan fingerprint density at radius 3 is 2.55 bits per heavy atom. The summed E-state index contributed by atoms with van der Waals surface area (Å²) in [6.45, 7) is 1.87. The molecular formula is C20H18Cl2N6O4S. The highest BCUT2D eigenvalue weighted by atomic mass is 35.5. The van der Waals surface area contributed by atoms with E-state index >= 15 is 0 Å². The van der Waals surface area contributed by atoms with Gasteiger partial charge < -0.3 is 15.2 Å². The Morgan fingerprint density at radius 2 is 1.85 bits per heavy atom. The molecule has 0 fully saturated rings. The molecule has 0 bridgehead atoms. The van der Waals surface area contributed by atoms with E-state index in [0.29, 0.717) is 21.7 Å². The van der Waals surface area contributed by atoms with Gasteiger partial charge in [0.05, 0.1) is 27.8 Å². The number of anilines is 2. The lowest BCUT2D eigenvalue weighted by atomic mass is 10.2. The summed E-state index contributed by atoms with van der Waals surface area (Å²) in [6, 6.07) is 9.00. The predicted octanol–water partition coefficient (Wildman–Crippen LogP) is 4.25. The summed E-state index contributed by atoms with van der Waals surface area (Å²) >= 11 is 13.2. The van der Waals surface area contributed by atoms with Crippen LogP contribution in [-0.2, 0) is 23.1 Å². The zero-order valence-corrected chi connectivity index (χ0v) is 19.8. The molecule has 2 aromatic carbocycles. The summed E-state index contributed by atoms with van der Waals surface area (Å²) in [6.07, 6.45) is -0.0228. The molecule has 0 aliphatic heterocycles. The molecule has 3 rings (SSSR count). The number of benzene rings is 2. The van der Waals surface area contributed by atoms with Crippen LogP contribution < -0.4 is 10.6 Å². The molecule has 1 heterocycles. The molecule has 0 aliphatic carbocycles. The minimum atomic E-state index is -0.578. The summed E-state index contributed by atoms with van der Waals surface area (Å²) in [7, 11) is 1.68. The number of carbonyl (C=O) groups excluding carboxylic acids is 2. The maximum absolute atomic E-state index is 12.3. The van der Waals surface area contributed by atoms with Crippen LogP contribution in [-0.4, -0.2) is 37.3 Å². The van der Waals surface area contributed by atoms with Crippen LogP contribution >= 0.6 is 35.0 Å². The highest BCUT2D eigenvalue weighted by molar-refractivity contribution is 7.99. The predicted molar refractivity (Wildman–Crippen MR) is 127 cm³/mol. The topological polar surface area (TPSA) is 132 Å². The first-order chi connectivity index (χ1) is 15.6. The summed E-state index contributed by atoms with van der Waals surface area (Å²) in [5.41, 5.74) is 1.43. The maximum atomic E-state index is 12.3. The average molecular weight is 509 g/mol. The Labute approximate surface area is 202 Å². The standard InChI is InChI=1S/C20H18Cl2N6O4S/c1-11-3-4-12(7-15(11)22)23-18(29)9-17-25-26-20(27(17)2)33-10-19(30)24-16-8-13(28(31)32)5-6-14(16)21/h3-8H,9-10H2,1-2H3,(H,23,29)(H,24,30). The van der Waals surface area contributed by atoms with Gasteiger partial charge in [0, 0.05) is 29.9 Å². The molecule has 1 aromatic heterocycles. The normalized spacial score (nSPS) is 10.7. The third-order valence-corrected chi connectivity index (χ3v) is 6.22. The van der Waals surface area contributed by atoms with Crippen LogP contribution in [0.15, 0.2) is 41.6 Å². The van der Waals surface area contributed by atoms with Crippen molar-refractivity contribution in [2.45, 2.75) is 18.5 Å². The van der Waals surface area contributed by atoms with Gasteiger partial charge in [0.2, 0.25) is 11.8 Å². The molecule has 2 N–H and O–H groups in total. The first-order valence-electron chi connectivity index (χ1n) is 9.45. The number of nitro benzene ring substituents is 1. The molecule has 10 nitrogen and oxygen atoms in total.